The molecule has 0 saturated carbocycles. The van der Waals surface area contributed by atoms with Crippen LogP contribution in [-0.4, -0.2) is 43.5 Å². The average molecular weight is 320 g/mol. The van der Waals surface area contributed by atoms with Gasteiger partial charge in [0.25, 0.3) is 0 Å². The van der Waals surface area contributed by atoms with E-state index in [0.29, 0.717) is 18.7 Å². The van der Waals surface area contributed by atoms with E-state index in [0.717, 1.165) is 31.6 Å². The second-order valence-electron chi connectivity index (χ2n) is 5.50. The topological polar surface area (TPSA) is 49.9 Å². The Kier molecular flexibility index (Phi) is 8.16. The molecule has 0 bridgehead atoms. The number of benzene rings is 1. The molecular weight excluding hydrogens is 292 g/mol. The summed E-state index contributed by atoms with van der Waals surface area (Å²) in [4.78, 5) is 27.8. The van der Waals surface area contributed by atoms with Gasteiger partial charge in [-0.05, 0) is 25.0 Å². The van der Waals surface area contributed by atoms with Gasteiger partial charge in [-0.15, -0.1) is 0 Å². The van der Waals surface area contributed by atoms with Crippen molar-refractivity contribution in [1.82, 2.24) is 4.90 Å². The van der Waals surface area contributed by atoms with Crippen LogP contribution in [0.4, 0.5) is 5.69 Å². The lowest BCUT2D eigenvalue weighted by Crippen LogP contribution is -2.37. The van der Waals surface area contributed by atoms with E-state index >= 15 is 0 Å². The molecule has 1 aromatic rings. The summed E-state index contributed by atoms with van der Waals surface area (Å²) < 4.78 is 5.20. The zero-order chi connectivity index (χ0) is 17.2. The van der Waals surface area contributed by atoms with Crippen molar-refractivity contribution in [3.63, 3.8) is 0 Å². The van der Waals surface area contributed by atoms with Crippen LogP contribution in [0.1, 0.15) is 40.0 Å². The number of hydrogen-bond acceptors (Lipinski definition) is 3. The molecular formula is C18H28N2O3. The summed E-state index contributed by atoms with van der Waals surface area (Å²) in [6.07, 6.45) is 2.22. The van der Waals surface area contributed by atoms with Crippen LogP contribution < -0.4 is 9.64 Å². The Hall–Kier alpha value is -2.04. The van der Waals surface area contributed by atoms with Crippen LogP contribution in [-0.2, 0) is 9.59 Å². The maximum absolute atomic E-state index is 12.4. The predicted molar refractivity (Wildman–Crippen MR) is 92.8 cm³/mol. The third-order valence-corrected chi connectivity index (χ3v) is 3.63. The zero-order valence-corrected chi connectivity index (χ0v) is 14.7. The minimum Gasteiger partial charge on any atom is -0.497 e. The molecule has 0 spiro atoms. The van der Waals surface area contributed by atoms with E-state index < -0.39 is 0 Å². The van der Waals surface area contributed by atoms with Crippen LogP contribution in [0.3, 0.4) is 0 Å². The molecule has 0 aliphatic carbocycles. The van der Waals surface area contributed by atoms with Crippen molar-refractivity contribution in [2.75, 3.05) is 31.6 Å². The molecule has 0 fully saturated rings. The van der Waals surface area contributed by atoms with E-state index in [9.17, 15) is 9.59 Å². The van der Waals surface area contributed by atoms with Crippen LogP contribution in [0.2, 0.25) is 0 Å². The Balaban J connectivity index is 2.76. The SMILES string of the molecule is CCCN(CCC)C(=O)CCN(C(C)=O)c1cccc(OC)c1. The molecule has 0 N–H and O–H groups in total. The Bertz CT molecular complexity index is 511. The number of hydrogen-bond donors (Lipinski definition) is 0. The first-order valence-electron chi connectivity index (χ1n) is 8.23. The lowest BCUT2D eigenvalue weighted by atomic mass is 10.2. The summed E-state index contributed by atoms with van der Waals surface area (Å²) in [5.41, 5.74) is 0.752. The molecule has 0 atom stereocenters. The molecule has 0 unspecified atom stereocenters. The predicted octanol–water partition coefficient (Wildman–Crippen LogP) is 3.09. The summed E-state index contributed by atoms with van der Waals surface area (Å²) in [6, 6.07) is 7.33. The molecule has 5 nitrogen and oxygen atoms in total. The highest BCUT2D eigenvalue weighted by Gasteiger charge is 2.17. The average Bonchev–Trinajstić information content (AvgIpc) is 2.54. The largest absolute Gasteiger partial charge is 0.497 e. The highest BCUT2D eigenvalue weighted by molar-refractivity contribution is 5.92. The fraction of sp³-hybridized carbons (Fsp3) is 0.556. The summed E-state index contributed by atoms with van der Waals surface area (Å²) >= 11 is 0. The molecule has 128 valence electrons. The second-order valence-corrected chi connectivity index (χ2v) is 5.50. The summed E-state index contributed by atoms with van der Waals surface area (Å²) in [7, 11) is 1.59. The number of methoxy groups -OCH3 is 1. The standard InChI is InChI=1S/C18H28N2O3/c1-5-11-19(12-6-2)18(22)10-13-20(15(3)21)16-8-7-9-17(14-16)23-4/h7-9,14H,5-6,10-13H2,1-4H3. The number of rotatable bonds is 9. The van der Waals surface area contributed by atoms with E-state index in [-0.39, 0.29) is 11.8 Å². The van der Waals surface area contributed by atoms with Gasteiger partial charge in [-0.2, -0.15) is 0 Å². The first-order valence-corrected chi connectivity index (χ1v) is 8.23. The number of carbonyl (C=O) groups excluding carboxylic acids is 2. The van der Waals surface area contributed by atoms with Crippen LogP contribution in [0.5, 0.6) is 5.75 Å². The zero-order valence-electron chi connectivity index (χ0n) is 14.7. The van der Waals surface area contributed by atoms with Crippen molar-refractivity contribution < 1.29 is 14.3 Å². The van der Waals surface area contributed by atoms with E-state index in [4.69, 9.17) is 4.74 Å². The van der Waals surface area contributed by atoms with Gasteiger partial charge in [-0.3, -0.25) is 9.59 Å². The van der Waals surface area contributed by atoms with Crippen LogP contribution in [0.25, 0.3) is 0 Å². The molecule has 23 heavy (non-hydrogen) atoms. The monoisotopic (exact) mass is 320 g/mol. The highest BCUT2D eigenvalue weighted by Crippen LogP contribution is 2.21. The van der Waals surface area contributed by atoms with Gasteiger partial charge < -0.3 is 14.5 Å². The second kappa shape index (κ2) is 9.87. The Labute approximate surface area is 139 Å². The molecule has 0 aliphatic heterocycles. The van der Waals surface area contributed by atoms with Crippen molar-refractivity contribution in [3.8, 4) is 5.75 Å². The summed E-state index contributed by atoms with van der Waals surface area (Å²) in [5.74, 6) is 0.713. The number of amides is 2. The van der Waals surface area contributed by atoms with Gasteiger partial charge in [0.1, 0.15) is 5.75 Å². The van der Waals surface area contributed by atoms with E-state index in [1.807, 2.05) is 29.2 Å². The number of carbonyl (C=O) groups is 2. The van der Waals surface area contributed by atoms with Gasteiger partial charge >= 0.3 is 0 Å². The van der Waals surface area contributed by atoms with Crippen LogP contribution in [0, 0.1) is 0 Å². The minimum absolute atomic E-state index is 0.0800. The Morgan fingerprint density at radius 2 is 1.74 bits per heavy atom. The first kappa shape index (κ1) is 19.0. The van der Waals surface area contributed by atoms with Crippen molar-refractivity contribution in [3.05, 3.63) is 24.3 Å². The molecule has 2 amide bonds. The third kappa shape index (κ3) is 5.93. The first-order chi connectivity index (χ1) is 11.0. The maximum Gasteiger partial charge on any atom is 0.224 e. The quantitative estimate of drug-likeness (QED) is 0.702. The number of nitrogens with zero attached hydrogens (tertiary/aromatic N) is 2. The third-order valence-electron chi connectivity index (χ3n) is 3.63. The smallest absolute Gasteiger partial charge is 0.224 e. The van der Waals surface area contributed by atoms with E-state index in [2.05, 4.69) is 13.8 Å². The molecule has 5 heteroatoms. The lowest BCUT2D eigenvalue weighted by Gasteiger charge is -2.25. The molecule has 1 aromatic carbocycles. The summed E-state index contributed by atoms with van der Waals surface area (Å²) in [6.45, 7) is 7.56. The van der Waals surface area contributed by atoms with Crippen molar-refractivity contribution in [2.24, 2.45) is 0 Å². The normalized spacial score (nSPS) is 10.3. The molecule has 1 rings (SSSR count). The minimum atomic E-state index is -0.0800. The van der Waals surface area contributed by atoms with Gasteiger partial charge in [-0.25, -0.2) is 0 Å². The molecule has 0 aliphatic rings. The lowest BCUT2D eigenvalue weighted by molar-refractivity contribution is -0.131. The maximum atomic E-state index is 12.4. The van der Waals surface area contributed by atoms with Gasteiger partial charge in [0, 0.05) is 44.7 Å². The van der Waals surface area contributed by atoms with Crippen molar-refractivity contribution >= 4 is 17.5 Å². The van der Waals surface area contributed by atoms with Crippen LogP contribution in [0.15, 0.2) is 24.3 Å². The molecule has 0 aromatic heterocycles. The fourth-order valence-electron chi connectivity index (χ4n) is 2.51. The van der Waals surface area contributed by atoms with Crippen molar-refractivity contribution in [1.29, 1.82) is 0 Å². The number of ether oxygens (including phenoxy) is 1. The van der Waals surface area contributed by atoms with Gasteiger partial charge in [0.2, 0.25) is 11.8 Å². The van der Waals surface area contributed by atoms with E-state index in [1.54, 1.807) is 12.0 Å². The van der Waals surface area contributed by atoms with Crippen molar-refractivity contribution in [2.45, 2.75) is 40.0 Å². The number of anilines is 1. The van der Waals surface area contributed by atoms with Gasteiger partial charge in [-0.1, -0.05) is 19.9 Å². The fourth-order valence-corrected chi connectivity index (χ4v) is 2.51. The summed E-state index contributed by atoms with van der Waals surface area (Å²) in [5, 5.41) is 0. The van der Waals surface area contributed by atoms with Gasteiger partial charge in [0.15, 0.2) is 0 Å². The molecule has 0 saturated heterocycles. The Morgan fingerprint density at radius 3 is 2.26 bits per heavy atom. The van der Waals surface area contributed by atoms with Crippen LogP contribution >= 0.6 is 0 Å². The molecule has 0 heterocycles. The Morgan fingerprint density at radius 1 is 1.09 bits per heavy atom. The van der Waals surface area contributed by atoms with E-state index in [1.165, 1.54) is 6.92 Å². The highest BCUT2D eigenvalue weighted by atomic mass is 16.5. The van der Waals surface area contributed by atoms with Gasteiger partial charge in [0.05, 0.1) is 7.11 Å². The molecule has 0 radical (unpaired) electrons.